The van der Waals surface area contributed by atoms with Crippen LogP contribution in [-0.4, -0.2) is 37.1 Å². The summed E-state index contributed by atoms with van der Waals surface area (Å²) in [5.74, 6) is 0.534. The quantitative estimate of drug-likeness (QED) is 0.804. The fraction of sp³-hybridized carbons (Fsp3) is 0.368. The molecule has 6 heteroatoms. The molecule has 1 aliphatic rings. The first kappa shape index (κ1) is 19.2. The van der Waals surface area contributed by atoms with E-state index in [1.54, 1.807) is 24.4 Å². The van der Waals surface area contributed by atoms with E-state index in [0.29, 0.717) is 23.9 Å². The first-order valence-electron chi connectivity index (χ1n) is 8.08. The van der Waals surface area contributed by atoms with Gasteiger partial charge in [0.05, 0.1) is 11.6 Å². The minimum absolute atomic E-state index is 0. The monoisotopic (exact) mass is 361 g/mol. The van der Waals surface area contributed by atoms with Gasteiger partial charge in [-0.3, -0.25) is 9.78 Å². The zero-order valence-electron chi connectivity index (χ0n) is 13.3. The Morgan fingerprint density at radius 1 is 1.24 bits per heavy atom. The van der Waals surface area contributed by atoms with E-state index in [9.17, 15) is 4.79 Å². The second kappa shape index (κ2) is 9.39. The number of carbonyl (C=O) groups is 1. The number of benzene rings is 1. The molecule has 1 aromatic carbocycles. The molecule has 5 nitrogen and oxygen atoms in total. The minimum atomic E-state index is -0.207. The second-order valence-electron chi connectivity index (χ2n) is 5.58. The van der Waals surface area contributed by atoms with Crippen LogP contribution in [-0.2, 0) is 12.8 Å². The van der Waals surface area contributed by atoms with Gasteiger partial charge in [-0.1, -0.05) is 31.2 Å². The van der Waals surface area contributed by atoms with Crippen molar-refractivity contribution in [3.05, 3.63) is 58.4 Å². The topological polar surface area (TPSA) is 63.2 Å². The average molecular weight is 362 g/mol. The maximum Gasteiger partial charge on any atom is 0.269 e. The molecule has 1 amide bonds. The highest BCUT2D eigenvalue weighted by atomic mass is 35.5. The number of aromatic nitrogens is 1. The summed E-state index contributed by atoms with van der Waals surface area (Å²) in [4.78, 5) is 16.0. The number of nitrogens with one attached hydrogen (secondary N) is 2. The van der Waals surface area contributed by atoms with Crippen LogP contribution in [0.4, 0.5) is 0 Å². The smallest absolute Gasteiger partial charge is 0.269 e. The van der Waals surface area contributed by atoms with E-state index in [-0.39, 0.29) is 13.3 Å². The largest absolute Gasteiger partial charge is 0.490 e. The zero-order valence-corrected chi connectivity index (χ0v) is 14.1. The molecule has 0 fully saturated rings. The molecule has 0 bridgehead atoms. The Labute approximate surface area is 153 Å². The van der Waals surface area contributed by atoms with Gasteiger partial charge >= 0.3 is 0 Å². The lowest BCUT2D eigenvalue weighted by Crippen LogP contribution is -2.28. The third-order valence-corrected chi connectivity index (χ3v) is 4.26. The van der Waals surface area contributed by atoms with Crippen LogP contribution in [0.25, 0.3) is 0 Å². The van der Waals surface area contributed by atoms with Crippen molar-refractivity contribution in [3.8, 4) is 5.75 Å². The van der Waals surface area contributed by atoms with E-state index in [4.69, 9.17) is 16.3 Å². The highest BCUT2D eigenvalue weighted by molar-refractivity contribution is 6.32. The molecule has 0 saturated heterocycles. The number of nitrogens with zero attached hydrogens (tertiary/aromatic N) is 1. The molecule has 3 rings (SSSR count). The maximum atomic E-state index is 11.9. The standard InChI is InChI=1S/C18H20ClN3O2.CH4/c19-15-5-4-13-6-9-20-10-7-14(13)17(15)24-12-11-22-18(23)16-3-1-2-8-21-16;/h1-5,8,20H,6-7,9-12H2,(H,22,23);1H4. The minimum Gasteiger partial charge on any atom is -0.490 e. The molecular weight excluding hydrogens is 338 g/mol. The lowest BCUT2D eigenvalue weighted by molar-refractivity contribution is 0.0942. The first-order valence-corrected chi connectivity index (χ1v) is 8.46. The van der Waals surface area contributed by atoms with Crippen LogP contribution in [0.2, 0.25) is 5.02 Å². The molecule has 134 valence electrons. The Bertz CT molecular complexity index is 707. The van der Waals surface area contributed by atoms with Gasteiger partial charge in [0.2, 0.25) is 0 Å². The number of fused-ring (bicyclic) bond motifs is 1. The molecule has 0 atom stereocenters. The fourth-order valence-corrected chi connectivity index (χ4v) is 3.00. The molecule has 0 spiro atoms. The predicted octanol–water partition coefficient (Wildman–Crippen LogP) is 2.87. The normalized spacial score (nSPS) is 13.2. The van der Waals surface area contributed by atoms with Gasteiger partial charge < -0.3 is 15.4 Å². The van der Waals surface area contributed by atoms with E-state index in [2.05, 4.69) is 21.7 Å². The number of rotatable bonds is 5. The Balaban J connectivity index is 0.00000225. The molecule has 25 heavy (non-hydrogen) atoms. The number of hydrogen-bond donors (Lipinski definition) is 2. The maximum absolute atomic E-state index is 11.9. The molecule has 1 aromatic heterocycles. The molecule has 0 unspecified atom stereocenters. The summed E-state index contributed by atoms with van der Waals surface area (Å²) < 4.78 is 5.88. The van der Waals surface area contributed by atoms with Crippen molar-refractivity contribution in [3.63, 3.8) is 0 Å². The van der Waals surface area contributed by atoms with Crippen LogP contribution < -0.4 is 15.4 Å². The van der Waals surface area contributed by atoms with E-state index in [0.717, 1.165) is 31.7 Å². The van der Waals surface area contributed by atoms with Gasteiger partial charge in [-0.05, 0) is 49.7 Å². The lowest BCUT2D eigenvalue weighted by atomic mass is 10.0. The van der Waals surface area contributed by atoms with E-state index < -0.39 is 0 Å². The highest BCUT2D eigenvalue weighted by Crippen LogP contribution is 2.32. The van der Waals surface area contributed by atoms with Gasteiger partial charge in [0.1, 0.15) is 18.1 Å². The van der Waals surface area contributed by atoms with Crippen LogP contribution in [0, 0.1) is 0 Å². The van der Waals surface area contributed by atoms with Crippen molar-refractivity contribution in [2.75, 3.05) is 26.2 Å². The SMILES string of the molecule is C.O=C(NCCOc1c(Cl)ccc2c1CCNCC2)c1ccccn1. The third-order valence-electron chi connectivity index (χ3n) is 3.96. The van der Waals surface area contributed by atoms with Crippen molar-refractivity contribution in [2.45, 2.75) is 20.3 Å². The van der Waals surface area contributed by atoms with Crippen LogP contribution >= 0.6 is 11.6 Å². The van der Waals surface area contributed by atoms with Crippen LogP contribution in [0.5, 0.6) is 5.75 Å². The number of hydrogen-bond acceptors (Lipinski definition) is 4. The van der Waals surface area contributed by atoms with Gasteiger partial charge in [0.15, 0.2) is 0 Å². The number of halogens is 1. The molecule has 0 radical (unpaired) electrons. The molecule has 2 heterocycles. The summed E-state index contributed by atoms with van der Waals surface area (Å²) in [5.41, 5.74) is 2.84. The summed E-state index contributed by atoms with van der Waals surface area (Å²) >= 11 is 6.31. The van der Waals surface area contributed by atoms with Crippen LogP contribution in [0.1, 0.15) is 29.0 Å². The molecule has 0 aliphatic carbocycles. The van der Waals surface area contributed by atoms with Gasteiger partial charge in [-0.2, -0.15) is 0 Å². The predicted molar refractivity (Wildman–Crippen MR) is 101 cm³/mol. The lowest BCUT2D eigenvalue weighted by Gasteiger charge is -2.15. The molecule has 0 saturated carbocycles. The zero-order chi connectivity index (χ0) is 16.8. The van der Waals surface area contributed by atoms with Crippen molar-refractivity contribution in [1.29, 1.82) is 0 Å². The van der Waals surface area contributed by atoms with Crippen LogP contribution in [0.3, 0.4) is 0 Å². The van der Waals surface area contributed by atoms with E-state index in [1.165, 1.54) is 11.1 Å². The van der Waals surface area contributed by atoms with Crippen molar-refractivity contribution < 1.29 is 9.53 Å². The molecule has 2 N–H and O–H groups in total. The first-order chi connectivity index (χ1) is 11.8. The summed E-state index contributed by atoms with van der Waals surface area (Å²) in [6.45, 7) is 2.64. The Hall–Kier alpha value is -2.11. The van der Waals surface area contributed by atoms with Gasteiger partial charge in [0, 0.05) is 11.8 Å². The summed E-state index contributed by atoms with van der Waals surface area (Å²) in [6, 6.07) is 9.19. The second-order valence-corrected chi connectivity index (χ2v) is 5.99. The number of ether oxygens (including phenoxy) is 1. The average Bonchev–Trinajstić information content (AvgIpc) is 2.86. The van der Waals surface area contributed by atoms with Crippen molar-refractivity contribution >= 4 is 17.5 Å². The fourth-order valence-electron chi connectivity index (χ4n) is 2.77. The van der Waals surface area contributed by atoms with Crippen LogP contribution in [0.15, 0.2) is 36.5 Å². The molecule has 2 aromatic rings. The van der Waals surface area contributed by atoms with Gasteiger partial charge in [0.25, 0.3) is 5.91 Å². The van der Waals surface area contributed by atoms with Gasteiger partial charge in [-0.15, -0.1) is 0 Å². The summed E-state index contributed by atoms with van der Waals surface area (Å²) in [6.07, 6.45) is 3.46. The molecule has 1 aliphatic heterocycles. The van der Waals surface area contributed by atoms with E-state index in [1.807, 2.05) is 6.07 Å². The number of pyridine rings is 1. The Kier molecular flexibility index (Phi) is 7.22. The van der Waals surface area contributed by atoms with Crippen molar-refractivity contribution in [1.82, 2.24) is 15.6 Å². The number of amides is 1. The third kappa shape index (κ3) is 4.94. The van der Waals surface area contributed by atoms with Gasteiger partial charge in [-0.25, -0.2) is 0 Å². The number of carbonyl (C=O) groups excluding carboxylic acids is 1. The van der Waals surface area contributed by atoms with Crippen molar-refractivity contribution in [2.24, 2.45) is 0 Å². The summed E-state index contributed by atoms with van der Waals surface area (Å²) in [7, 11) is 0. The molecular formula is C19H24ClN3O2. The van der Waals surface area contributed by atoms with E-state index >= 15 is 0 Å². The highest BCUT2D eigenvalue weighted by Gasteiger charge is 2.16. The Morgan fingerprint density at radius 3 is 2.88 bits per heavy atom. The summed E-state index contributed by atoms with van der Waals surface area (Å²) in [5, 5.41) is 6.80. The Morgan fingerprint density at radius 2 is 2.08 bits per heavy atom.